The number of amides is 1. The molecule has 1 aromatic heterocycles. The molecule has 4 heteroatoms. The first-order valence-corrected chi connectivity index (χ1v) is 5.49. The molecule has 0 aromatic carbocycles. The van der Waals surface area contributed by atoms with Crippen molar-refractivity contribution >= 4 is 5.91 Å². The molecule has 1 aliphatic heterocycles. The minimum atomic E-state index is 0.175. The summed E-state index contributed by atoms with van der Waals surface area (Å²) in [5, 5.41) is 2.92. The molecule has 0 saturated carbocycles. The van der Waals surface area contributed by atoms with E-state index in [9.17, 15) is 4.79 Å². The molecule has 82 valence electrons. The van der Waals surface area contributed by atoms with Crippen LogP contribution in [0.4, 0.5) is 0 Å². The molecular weight excluding hydrogens is 190 g/mol. The van der Waals surface area contributed by atoms with E-state index in [1.54, 1.807) is 0 Å². The van der Waals surface area contributed by atoms with E-state index in [0.717, 1.165) is 30.9 Å². The molecule has 15 heavy (non-hydrogen) atoms. The van der Waals surface area contributed by atoms with Crippen LogP contribution >= 0.6 is 0 Å². The Kier molecular flexibility index (Phi) is 2.75. The standard InChI is InChI=1S/C11H17N3O/c1-3-10-8(5-13-11(10)15)4-9-6-12-7(2)14-9/h6,8,10H,3-5H2,1-2H3,(H,12,14)(H,13,15). The van der Waals surface area contributed by atoms with Crippen molar-refractivity contribution in [2.24, 2.45) is 11.8 Å². The van der Waals surface area contributed by atoms with Gasteiger partial charge in [0.2, 0.25) is 5.91 Å². The predicted octanol–water partition coefficient (Wildman–Crippen LogP) is 1.03. The van der Waals surface area contributed by atoms with Crippen LogP contribution in [-0.2, 0) is 11.2 Å². The first kappa shape index (κ1) is 10.2. The molecule has 1 aromatic rings. The Morgan fingerprint density at radius 1 is 1.60 bits per heavy atom. The summed E-state index contributed by atoms with van der Waals surface area (Å²) in [6.07, 6.45) is 3.70. The highest BCUT2D eigenvalue weighted by molar-refractivity contribution is 5.81. The molecule has 1 amide bonds. The van der Waals surface area contributed by atoms with Crippen molar-refractivity contribution in [3.05, 3.63) is 17.7 Å². The summed E-state index contributed by atoms with van der Waals surface area (Å²) in [4.78, 5) is 18.9. The SMILES string of the molecule is CCC1C(=O)NCC1Cc1cnc(C)[nH]1. The van der Waals surface area contributed by atoms with Crippen molar-refractivity contribution < 1.29 is 4.79 Å². The third kappa shape index (κ3) is 2.03. The zero-order valence-corrected chi connectivity index (χ0v) is 9.21. The molecule has 0 spiro atoms. The van der Waals surface area contributed by atoms with Crippen molar-refractivity contribution in [2.75, 3.05) is 6.54 Å². The second-order valence-electron chi connectivity index (χ2n) is 4.22. The third-order valence-corrected chi connectivity index (χ3v) is 3.12. The summed E-state index contributed by atoms with van der Waals surface area (Å²) in [6, 6.07) is 0. The number of H-pyrrole nitrogens is 1. The van der Waals surface area contributed by atoms with Crippen LogP contribution in [0, 0.1) is 18.8 Å². The number of hydrogen-bond acceptors (Lipinski definition) is 2. The first-order chi connectivity index (χ1) is 7.20. The van der Waals surface area contributed by atoms with Crippen LogP contribution in [0.2, 0.25) is 0 Å². The minimum absolute atomic E-state index is 0.175. The van der Waals surface area contributed by atoms with Crippen LogP contribution in [0.25, 0.3) is 0 Å². The van der Waals surface area contributed by atoms with Crippen LogP contribution in [0.3, 0.4) is 0 Å². The smallest absolute Gasteiger partial charge is 0.223 e. The molecular formula is C11H17N3O. The van der Waals surface area contributed by atoms with E-state index in [1.165, 1.54) is 0 Å². The average Bonchev–Trinajstić information content (AvgIpc) is 2.75. The van der Waals surface area contributed by atoms with Crippen LogP contribution in [0.1, 0.15) is 24.9 Å². The van der Waals surface area contributed by atoms with Crippen LogP contribution in [-0.4, -0.2) is 22.4 Å². The molecule has 0 radical (unpaired) electrons. The number of aryl methyl sites for hydroxylation is 1. The monoisotopic (exact) mass is 207 g/mol. The van der Waals surface area contributed by atoms with Gasteiger partial charge in [-0.1, -0.05) is 6.92 Å². The lowest BCUT2D eigenvalue weighted by Crippen LogP contribution is -2.19. The molecule has 0 aliphatic carbocycles. The van der Waals surface area contributed by atoms with Crippen LogP contribution < -0.4 is 5.32 Å². The fourth-order valence-electron chi connectivity index (χ4n) is 2.31. The van der Waals surface area contributed by atoms with Gasteiger partial charge in [0.05, 0.1) is 0 Å². The summed E-state index contributed by atoms with van der Waals surface area (Å²) in [5.74, 6) is 1.74. The Hall–Kier alpha value is -1.32. The highest BCUT2D eigenvalue weighted by atomic mass is 16.2. The van der Waals surface area contributed by atoms with Gasteiger partial charge in [-0.05, 0) is 25.7 Å². The third-order valence-electron chi connectivity index (χ3n) is 3.12. The van der Waals surface area contributed by atoms with Gasteiger partial charge in [0.1, 0.15) is 5.82 Å². The number of aromatic amines is 1. The lowest BCUT2D eigenvalue weighted by Gasteiger charge is -2.13. The largest absolute Gasteiger partial charge is 0.356 e. The summed E-state index contributed by atoms with van der Waals surface area (Å²) in [6.45, 7) is 4.81. The van der Waals surface area contributed by atoms with Crippen LogP contribution in [0.5, 0.6) is 0 Å². The Morgan fingerprint density at radius 3 is 3.00 bits per heavy atom. The molecule has 1 saturated heterocycles. The number of carbonyl (C=O) groups is 1. The fraction of sp³-hybridized carbons (Fsp3) is 0.636. The number of nitrogens with zero attached hydrogens (tertiary/aromatic N) is 1. The molecule has 4 nitrogen and oxygen atoms in total. The summed E-state index contributed by atoms with van der Waals surface area (Å²) >= 11 is 0. The summed E-state index contributed by atoms with van der Waals surface area (Å²) in [7, 11) is 0. The number of carbonyl (C=O) groups excluding carboxylic acids is 1. The van der Waals surface area contributed by atoms with Gasteiger partial charge in [-0.25, -0.2) is 4.98 Å². The molecule has 1 fully saturated rings. The van der Waals surface area contributed by atoms with Gasteiger partial charge in [0.25, 0.3) is 0 Å². The lowest BCUT2D eigenvalue weighted by molar-refractivity contribution is -0.123. The second-order valence-corrected chi connectivity index (χ2v) is 4.22. The second kappa shape index (κ2) is 4.04. The number of hydrogen-bond donors (Lipinski definition) is 2. The summed E-state index contributed by atoms with van der Waals surface area (Å²) < 4.78 is 0. The highest BCUT2D eigenvalue weighted by Gasteiger charge is 2.33. The van der Waals surface area contributed by atoms with Gasteiger partial charge in [-0.2, -0.15) is 0 Å². The first-order valence-electron chi connectivity index (χ1n) is 5.49. The highest BCUT2D eigenvalue weighted by Crippen LogP contribution is 2.24. The zero-order chi connectivity index (χ0) is 10.8. The predicted molar refractivity (Wildman–Crippen MR) is 57.3 cm³/mol. The quantitative estimate of drug-likeness (QED) is 0.777. The fourth-order valence-corrected chi connectivity index (χ4v) is 2.31. The van der Waals surface area contributed by atoms with E-state index in [-0.39, 0.29) is 11.8 Å². The van der Waals surface area contributed by atoms with Gasteiger partial charge in [-0.3, -0.25) is 4.79 Å². The van der Waals surface area contributed by atoms with Gasteiger partial charge in [0, 0.05) is 24.4 Å². The van der Waals surface area contributed by atoms with Gasteiger partial charge in [-0.15, -0.1) is 0 Å². The van der Waals surface area contributed by atoms with Gasteiger partial charge < -0.3 is 10.3 Å². The number of nitrogens with one attached hydrogen (secondary N) is 2. The molecule has 1 aliphatic rings. The maximum absolute atomic E-state index is 11.5. The molecule has 2 rings (SSSR count). The Bertz CT molecular complexity index is 358. The van der Waals surface area contributed by atoms with E-state index in [2.05, 4.69) is 22.2 Å². The van der Waals surface area contributed by atoms with E-state index in [1.807, 2.05) is 13.1 Å². The zero-order valence-electron chi connectivity index (χ0n) is 9.21. The number of aromatic nitrogens is 2. The Balaban J connectivity index is 2.03. The van der Waals surface area contributed by atoms with Gasteiger partial charge >= 0.3 is 0 Å². The van der Waals surface area contributed by atoms with Crippen molar-refractivity contribution in [1.29, 1.82) is 0 Å². The van der Waals surface area contributed by atoms with Crippen molar-refractivity contribution in [2.45, 2.75) is 26.7 Å². The molecule has 2 atom stereocenters. The molecule has 2 heterocycles. The van der Waals surface area contributed by atoms with Crippen LogP contribution in [0.15, 0.2) is 6.20 Å². The number of imidazole rings is 1. The lowest BCUT2D eigenvalue weighted by atomic mass is 9.89. The summed E-state index contributed by atoms with van der Waals surface area (Å²) in [5.41, 5.74) is 1.13. The molecule has 2 N–H and O–H groups in total. The van der Waals surface area contributed by atoms with Crippen molar-refractivity contribution in [3.63, 3.8) is 0 Å². The Labute approximate surface area is 89.5 Å². The Morgan fingerprint density at radius 2 is 2.40 bits per heavy atom. The maximum atomic E-state index is 11.5. The van der Waals surface area contributed by atoms with E-state index >= 15 is 0 Å². The van der Waals surface area contributed by atoms with E-state index < -0.39 is 0 Å². The van der Waals surface area contributed by atoms with E-state index in [4.69, 9.17) is 0 Å². The van der Waals surface area contributed by atoms with Gasteiger partial charge in [0.15, 0.2) is 0 Å². The minimum Gasteiger partial charge on any atom is -0.356 e. The average molecular weight is 207 g/mol. The van der Waals surface area contributed by atoms with Crippen molar-refractivity contribution in [3.8, 4) is 0 Å². The van der Waals surface area contributed by atoms with E-state index in [0.29, 0.717) is 5.92 Å². The topological polar surface area (TPSA) is 57.8 Å². The molecule has 0 bridgehead atoms. The maximum Gasteiger partial charge on any atom is 0.223 e. The molecule has 2 unspecified atom stereocenters. The van der Waals surface area contributed by atoms with Crippen molar-refractivity contribution in [1.82, 2.24) is 15.3 Å². The number of rotatable bonds is 3. The normalized spacial score (nSPS) is 25.6.